The van der Waals surface area contributed by atoms with Crippen LogP contribution in [-0.2, 0) is 7.05 Å². The number of alkyl halides is 3. The van der Waals surface area contributed by atoms with E-state index in [4.69, 9.17) is 5.11 Å². The molecule has 3 nitrogen and oxygen atoms in total. The van der Waals surface area contributed by atoms with E-state index in [1.807, 2.05) is 0 Å². The highest BCUT2D eigenvalue weighted by Crippen LogP contribution is 2.34. The molecule has 0 fully saturated rings. The molecule has 0 saturated carbocycles. The van der Waals surface area contributed by atoms with Gasteiger partial charge in [-0.1, -0.05) is 0 Å². The van der Waals surface area contributed by atoms with Crippen LogP contribution in [-0.4, -0.2) is 21.1 Å². The monoisotopic (exact) mass is 258 g/mol. The summed E-state index contributed by atoms with van der Waals surface area (Å²) < 4.78 is 37.3. The Kier molecular flexibility index (Phi) is 2.67. The normalized spacial score (nSPS) is 14.6. The van der Waals surface area contributed by atoms with Crippen LogP contribution in [0.3, 0.4) is 0 Å². The summed E-state index contributed by atoms with van der Waals surface area (Å²) in [6, 6.07) is 0. The molecule has 0 unspecified atom stereocenters. The minimum atomic E-state index is -4.68. The van der Waals surface area contributed by atoms with Gasteiger partial charge in [-0.15, -0.1) is 0 Å². The van der Waals surface area contributed by atoms with E-state index in [0.717, 1.165) is 0 Å². The number of aliphatic hydroxyl groups excluding tert-OH is 1. The first kappa shape index (κ1) is 10.5. The predicted octanol–water partition coefficient (Wildman–Crippen LogP) is 1.78. The number of rotatable bonds is 1. The standard InChI is InChI=1S/C6H6BrF3N2O/c1-12-2-3(7)4(11-12)5(13)6(8,9)10/h2,5,13H,1H3/t5-/m1/s1. The van der Waals surface area contributed by atoms with Crippen LogP contribution < -0.4 is 0 Å². The molecule has 0 saturated heterocycles. The van der Waals surface area contributed by atoms with E-state index in [9.17, 15) is 13.2 Å². The van der Waals surface area contributed by atoms with Gasteiger partial charge in [-0.2, -0.15) is 18.3 Å². The lowest BCUT2D eigenvalue weighted by atomic mass is 10.2. The zero-order valence-corrected chi connectivity index (χ0v) is 8.09. The van der Waals surface area contributed by atoms with E-state index >= 15 is 0 Å². The first-order valence-electron chi connectivity index (χ1n) is 3.26. The van der Waals surface area contributed by atoms with E-state index in [-0.39, 0.29) is 4.47 Å². The third-order valence-corrected chi connectivity index (χ3v) is 1.99. The molecule has 1 rings (SSSR count). The molecular weight excluding hydrogens is 253 g/mol. The number of hydrogen-bond acceptors (Lipinski definition) is 2. The Bertz CT molecular complexity index is 309. The maximum absolute atomic E-state index is 12.0. The highest BCUT2D eigenvalue weighted by Gasteiger charge is 2.42. The van der Waals surface area contributed by atoms with Crippen molar-refractivity contribution in [1.82, 2.24) is 9.78 Å². The van der Waals surface area contributed by atoms with Crippen molar-refractivity contribution < 1.29 is 18.3 Å². The zero-order chi connectivity index (χ0) is 10.2. The number of aromatic nitrogens is 2. The molecule has 0 aliphatic heterocycles. The summed E-state index contributed by atoms with van der Waals surface area (Å²) >= 11 is 2.87. The molecule has 1 heterocycles. The third-order valence-electron chi connectivity index (χ3n) is 1.38. The second-order valence-corrected chi connectivity index (χ2v) is 3.33. The molecule has 13 heavy (non-hydrogen) atoms. The van der Waals surface area contributed by atoms with Gasteiger partial charge in [0.2, 0.25) is 0 Å². The fourth-order valence-electron chi connectivity index (χ4n) is 0.817. The summed E-state index contributed by atoms with van der Waals surface area (Å²) in [6.45, 7) is 0. The van der Waals surface area contributed by atoms with Gasteiger partial charge >= 0.3 is 6.18 Å². The van der Waals surface area contributed by atoms with Gasteiger partial charge in [0.15, 0.2) is 6.10 Å². The van der Waals surface area contributed by atoms with E-state index in [1.165, 1.54) is 17.9 Å². The van der Waals surface area contributed by atoms with E-state index < -0.39 is 18.0 Å². The number of hydrogen-bond donors (Lipinski definition) is 1. The molecule has 0 aromatic carbocycles. The van der Waals surface area contributed by atoms with Gasteiger partial charge in [0, 0.05) is 13.2 Å². The van der Waals surface area contributed by atoms with Crippen LogP contribution in [0.4, 0.5) is 13.2 Å². The average Bonchev–Trinajstić information content (AvgIpc) is 2.26. The van der Waals surface area contributed by atoms with Gasteiger partial charge < -0.3 is 5.11 Å². The van der Waals surface area contributed by atoms with Gasteiger partial charge in [0.05, 0.1) is 4.47 Å². The molecule has 1 N–H and O–H groups in total. The number of halogens is 4. The third kappa shape index (κ3) is 2.22. The lowest BCUT2D eigenvalue weighted by Gasteiger charge is -2.11. The van der Waals surface area contributed by atoms with Crippen LogP contribution >= 0.6 is 15.9 Å². The molecule has 0 radical (unpaired) electrons. The molecule has 0 amide bonds. The fourth-order valence-corrected chi connectivity index (χ4v) is 1.41. The molecule has 1 aromatic heterocycles. The van der Waals surface area contributed by atoms with Crippen molar-refractivity contribution in [3.05, 3.63) is 16.4 Å². The lowest BCUT2D eigenvalue weighted by Crippen LogP contribution is -2.21. The Balaban J connectivity index is 3.01. The largest absolute Gasteiger partial charge is 0.420 e. The zero-order valence-electron chi connectivity index (χ0n) is 6.51. The van der Waals surface area contributed by atoms with Crippen molar-refractivity contribution in [2.45, 2.75) is 12.3 Å². The van der Waals surface area contributed by atoms with E-state index in [2.05, 4.69) is 21.0 Å². The van der Waals surface area contributed by atoms with Crippen molar-refractivity contribution in [1.29, 1.82) is 0 Å². The maximum atomic E-state index is 12.0. The molecule has 0 aliphatic rings. The van der Waals surface area contributed by atoms with E-state index in [0.29, 0.717) is 0 Å². The Hall–Kier alpha value is -0.560. The molecule has 0 bridgehead atoms. The predicted molar refractivity (Wildman–Crippen MR) is 41.9 cm³/mol. The maximum Gasteiger partial charge on any atom is 0.420 e. The summed E-state index contributed by atoms with van der Waals surface area (Å²) in [6.07, 6.45) is -5.88. The number of aliphatic hydroxyl groups is 1. The molecule has 1 atom stereocenters. The quantitative estimate of drug-likeness (QED) is 0.834. The summed E-state index contributed by atoms with van der Waals surface area (Å²) in [4.78, 5) is 0. The average molecular weight is 259 g/mol. The second kappa shape index (κ2) is 3.30. The smallest absolute Gasteiger partial charge is 0.378 e. The molecular formula is C6H6BrF3N2O. The van der Waals surface area contributed by atoms with Crippen molar-refractivity contribution in [2.75, 3.05) is 0 Å². The van der Waals surface area contributed by atoms with Crippen molar-refractivity contribution >= 4 is 15.9 Å². The number of nitrogens with zero attached hydrogens (tertiary/aromatic N) is 2. The van der Waals surface area contributed by atoms with Gasteiger partial charge in [0.1, 0.15) is 5.69 Å². The number of aryl methyl sites for hydroxylation is 1. The first-order valence-corrected chi connectivity index (χ1v) is 4.05. The minimum absolute atomic E-state index is 0.139. The molecule has 74 valence electrons. The van der Waals surface area contributed by atoms with Crippen LogP contribution in [0.2, 0.25) is 0 Å². The van der Waals surface area contributed by atoms with Crippen LogP contribution in [0.25, 0.3) is 0 Å². The van der Waals surface area contributed by atoms with Crippen molar-refractivity contribution in [3.8, 4) is 0 Å². The Morgan fingerprint density at radius 3 is 2.46 bits per heavy atom. The SMILES string of the molecule is Cn1cc(Br)c([C@@H](O)C(F)(F)F)n1. The fraction of sp³-hybridized carbons (Fsp3) is 0.500. The Labute approximate surface area is 80.3 Å². The minimum Gasteiger partial charge on any atom is -0.378 e. The summed E-state index contributed by atoms with van der Waals surface area (Å²) in [7, 11) is 1.47. The summed E-state index contributed by atoms with van der Waals surface area (Å²) in [5, 5.41) is 12.3. The van der Waals surface area contributed by atoms with Gasteiger partial charge in [-0.3, -0.25) is 4.68 Å². The highest BCUT2D eigenvalue weighted by molar-refractivity contribution is 9.10. The van der Waals surface area contributed by atoms with Gasteiger partial charge in [0.25, 0.3) is 0 Å². The van der Waals surface area contributed by atoms with Crippen molar-refractivity contribution in [3.63, 3.8) is 0 Å². The molecule has 0 aliphatic carbocycles. The van der Waals surface area contributed by atoms with Gasteiger partial charge in [-0.25, -0.2) is 0 Å². The first-order chi connectivity index (χ1) is 5.82. The van der Waals surface area contributed by atoms with Crippen LogP contribution in [0.1, 0.15) is 11.8 Å². The topological polar surface area (TPSA) is 38.0 Å². The van der Waals surface area contributed by atoms with Crippen LogP contribution in [0.5, 0.6) is 0 Å². The molecule has 1 aromatic rings. The summed E-state index contributed by atoms with van der Waals surface area (Å²) in [5.41, 5.74) is -0.421. The van der Waals surface area contributed by atoms with Gasteiger partial charge in [-0.05, 0) is 15.9 Å². The molecule has 0 spiro atoms. The summed E-state index contributed by atoms with van der Waals surface area (Å²) in [5.74, 6) is 0. The van der Waals surface area contributed by atoms with E-state index in [1.54, 1.807) is 0 Å². The highest BCUT2D eigenvalue weighted by atomic mass is 79.9. The Morgan fingerprint density at radius 2 is 2.15 bits per heavy atom. The second-order valence-electron chi connectivity index (χ2n) is 2.48. The van der Waals surface area contributed by atoms with Crippen LogP contribution in [0, 0.1) is 0 Å². The van der Waals surface area contributed by atoms with Crippen LogP contribution in [0.15, 0.2) is 10.7 Å². The lowest BCUT2D eigenvalue weighted by molar-refractivity contribution is -0.208. The molecule has 7 heteroatoms. The van der Waals surface area contributed by atoms with Crippen molar-refractivity contribution in [2.24, 2.45) is 7.05 Å². The Morgan fingerprint density at radius 1 is 1.62 bits per heavy atom.